The lowest BCUT2D eigenvalue weighted by atomic mass is 9.59. The standard InChI is InChI=1S/C32H28BrNO7/c1-4-15-5-7-17(8-6-15)34-31(38)19-10-9-18-20(27(19)32(34)39)13-21-28(23(35)14-22(33)29(21)36)26(18)16-11-24(40-2)30(37)25(12-16)41-3/h5-9,11-12,14,19-20,26-27,37H,4,10,13H2,1-3H3. The van der Waals surface area contributed by atoms with Gasteiger partial charge in [-0.2, -0.15) is 0 Å². The smallest absolute Gasteiger partial charge is 0.238 e. The molecule has 1 heterocycles. The number of hydrogen-bond donors (Lipinski definition) is 1. The second-order valence-corrected chi connectivity index (χ2v) is 11.6. The first kappa shape index (κ1) is 27.2. The number of imide groups is 1. The van der Waals surface area contributed by atoms with Crippen LogP contribution in [0.15, 0.2) is 69.8 Å². The van der Waals surface area contributed by atoms with Crippen LogP contribution in [-0.4, -0.2) is 42.7 Å². The Bertz CT molecular complexity index is 1590. The number of allylic oxidation sites excluding steroid dienone is 6. The summed E-state index contributed by atoms with van der Waals surface area (Å²) < 4.78 is 10.9. The number of aromatic hydroxyl groups is 1. The van der Waals surface area contributed by atoms with Gasteiger partial charge in [-0.3, -0.25) is 24.1 Å². The Balaban J connectivity index is 1.49. The fourth-order valence-electron chi connectivity index (χ4n) is 6.80. The molecule has 8 nitrogen and oxygen atoms in total. The molecule has 1 aliphatic heterocycles. The number of ketones is 2. The minimum atomic E-state index is -0.692. The molecule has 41 heavy (non-hydrogen) atoms. The Hall–Kier alpha value is -3.98. The van der Waals surface area contributed by atoms with E-state index in [0.29, 0.717) is 28.8 Å². The third-order valence-electron chi connectivity index (χ3n) is 8.77. The van der Waals surface area contributed by atoms with Crippen molar-refractivity contribution in [3.8, 4) is 17.2 Å². The number of nitrogens with zero attached hydrogens (tertiary/aromatic N) is 1. The molecule has 2 aromatic carbocycles. The number of hydrogen-bond acceptors (Lipinski definition) is 7. The fraction of sp³-hybridized carbons (Fsp3) is 0.312. The average molecular weight is 618 g/mol. The van der Waals surface area contributed by atoms with Crippen LogP contribution in [-0.2, 0) is 25.6 Å². The van der Waals surface area contributed by atoms with Gasteiger partial charge >= 0.3 is 0 Å². The molecule has 0 saturated carbocycles. The number of carbonyl (C=O) groups excluding carboxylic acids is 4. The van der Waals surface area contributed by atoms with Crippen molar-refractivity contribution in [3.63, 3.8) is 0 Å². The monoisotopic (exact) mass is 617 g/mol. The van der Waals surface area contributed by atoms with Crippen LogP contribution in [0, 0.1) is 17.8 Å². The van der Waals surface area contributed by atoms with Gasteiger partial charge in [0.15, 0.2) is 23.1 Å². The van der Waals surface area contributed by atoms with Crippen molar-refractivity contribution in [2.75, 3.05) is 19.1 Å². The Morgan fingerprint density at radius 1 is 0.976 bits per heavy atom. The van der Waals surface area contributed by atoms with Gasteiger partial charge in [-0.25, -0.2) is 0 Å². The molecule has 4 aliphatic rings. The highest BCUT2D eigenvalue weighted by molar-refractivity contribution is 9.12. The van der Waals surface area contributed by atoms with Gasteiger partial charge in [0.2, 0.25) is 17.6 Å². The molecule has 9 heteroatoms. The summed E-state index contributed by atoms with van der Waals surface area (Å²) in [4.78, 5) is 55.9. The largest absolute Gasteiger partial charge is 0.502 e. The van der Waals surface area contributed by atoms with Crippen molar-refractivity contribution < 1.29 is 33.8 Å². The molecular weight excluding hydrogens is 590 g/mol. The van der Waals surface area contributed by atoms with Crippen LogP contribution in [0.25, 0.3) is 0 Å². The third kappa shape index (κ3) is 4.09. The summed E-state index contributed by atoms with van der Waals surface area (Å²) in [6.07, 6.45) is 4.57. The van der Waals surface area contributed by atoms with Crippen LogP contribution < -0.4 is 14.4 Å². The molecule has 0 bridgehead atoms. The van der Waals surface area contributed by atoms with Crippen LogP contribution in [0.4, 0.5) is 5.69 Å². The number of Topliss-reactive ketones (excluding diaryl/α,β-unsaturated/α-hetero) is 1. The molecule has 0 radical (unpaired) electrons. The highest BCUT2D eigenvalue weighted by Crippen LogP contribution is 2.56. The van der Waals surface area contributed by atoms with E-state index in [4.69, 9.17) is 9.47 Å². The summed E-state index contributed by atoms with van der Waals surface area (Å²) in [6.45, 7) is 2.04. The van der Waals surface area contributed by atoms with Crippen molar-refractivity contribution in [2.45, 2.75) is 32.1 Å². The zero-order valence-electron chi connectivity index (χ0n) is 22.8. The minimum absolute atomic E-state index is 0.151. The van der Waals surface area contributed by atoms with Gasteiger partial charge in [0, 0.05) is 23.1 Å². The zero-order valence-corrected chi connectivity index (χ0v) is 24.4. The summed E-state index contributed by atoms with van der Waals surface area (Å²) in [6, 6.07) is 10.7. The van der Waals surface area contributed by atoms with Crippen molar-refractivity contribution in [1.82, 2.24) is 0 Å². The second-order valence-electron chi connectivity index (χ2n) is 10.7. The number of fused-ring (bicyclic) bond motifs is 3. The molecule has 210 valence electrons. The van der Waals surface area contributed by atoms with Gasteiger partial charge in [-0.05, 0) is 76.5 Å². The molecule has 0 spiro atoms. The van der Waals surface area contributed by atoms with E-state index < -0.39 is 23.7 Å². The van der Waals surface area contributed by atoms with E-state index in [9.17, 15) is 24.3 Å². The summed E-state index contributed by atoms with van der Waals surface area (Å²) >= 11 is 3.24. The van der Waals surface area contributed by atoms with E-state index in [0.717, 1.165) is 17.6 Å². The summed E-state index contributed by atoms with van der Waals surface area (Å²) in [5.41, 5.74) is 3.67. The number of carbonyl (C=O) groups is 4. The fourth-order valence-corrected chi connectivity index (χ4v) is 7.25. The lowest BCUT2D eigenvalue weighted by Crippen LogP contribution is -2.39. The molecule has 6 rings (SSSR count). The number of ether oxygens (including phenoxy) is 2. The van der Waals surface area contributed by atoms with E-state index in [2.05, 4.69) is 15.9 Å². The normalized spacial score (nSPS) is 25.4. The molecule has 4 atom stereocenters. The van der Waals surface area contributed by atoms with Crippen molar-refractivity contribution in [1.29, 1.82) is 0 Å². The number of aryl methyl sites for hydroxylation is 1. The number of phenols is 1. The van der Waals surface area contributed by atoms with E-state index in [-0.39, 0.29) is 51.5 Å². The van der Waals surface area contributed by atoms with Crippen LogP contribution in [0.3, 0.4) is 0 Å². The minimum Gasteiger partial charge on any atom is -0.502 e. The molecule has 1 fully saturated rings. The summed E-state index contributed by atoms with van der Waals surface area (Å²) in [5.74, 6) is -3.48. The van der Waals surface area contributed by atoms with Gasteiger partial charge in [0.1, 0.15) is 0 Å². The maximum Gasteiger partial charge on any atom is 0.238 e. The summed E-state index contributed by atoms with van der Waals surface area (Å²) in [7, 11) is 2.83. The molecule has 1 N–H and O–H groups in total. The second kappa shape index (κ2) is 10.1. The highest BCUT2D eigenvalue weighted by atomic mass is 79.9. The number of rotatable bonds is 5. The number of halogens is 1. The Labute approximate surface area is 245 Å². The van der Waals surface area contributed by atoms with Gasteiger partial charge in [0.25, 0.3) is 0 Å². The number of methoxy groups -OCH3 is 2. The number of benzene rings is 2. The Morgan fingerprint density at radius 2 is 1.63 bits per heavy atom. The van der Waals surface area contributed by atoms with Gasteiger partial charge in [-0.1, -0.05) is 30.7 Å². The Kier molecular flexibility index (Phi) is 6.72. The first-order valence-electron chi connectivity index (χ1n) is 13.5. The molecule has 1 saturated heterocycles. The molecular formula is C32H28BrNO7. The van der Waals surface area contributed by atoms with Gasteiger partial charge < -0.3 is 14.6 Å². The first-order valence-corrected chi connectivity index (χ1v) is 14.3. The van der Waals surface area contributed by atoms with Crippen molar-refractivity contribution in [2.24, 2.45) is 17.8 Å². The van der Waals surface area contributed by atoms with Crippen molar-refractivity contribution >= 4 is 45.0 Å². The van der Waals surface area contributed by atoms with E-state index in [1.165, 1.54) is 25.2 Å². The maximum absolute atomic E-state index is 14.0. The molecule has 3 aliphatic carbocycles. The predicted octanol–water partition coefficient (Wildman–Crippen LogP) is 4.94. The number of anilines is 1. The van der Waals surface area contributed by atoms with Gasteiger partial charge in [0.05, 0.1) is 36.2 Å². The first-order chi connectivity index (χ1) is 19.7. The highest BCUT2D eigenvalue weighted by Gasteiger charge is 2.56. The molecule has 2 amide bonds. The summed E-state index contributed by atoms with van der Waals surface area (Å²) in [5, 5.41) is 10.6. The average Bonchev–Trinajstić information content (AvgIpc) is 3.24. The quantitative estimate of drug-likeness (QED) is 0.287. The maximum atomic E-state index is 14.0. The van der Waals surface area contributed by atoms with E-state index in [1.54, 1.807) is 24.3 Å². The Morgan fingerprint density at radius 3 is 2.24 bits per heavy atom. The topological polar surface area (TPSA) is 110 Å². The third-order valence-corrected chi connectivity index (χ3v) is 9.36. The zero-order chi connectivity index (χ0) is 29.2. The molecule has 0 aromatic heterocycles. The van der Waals surface area contributed by atoms with Crippen LogP contribution in [0.5, 0.6) is 17.2 Å². The van der Waals surface area contributed by atoms with E-state index >= 15 is 0 Å². The van der Waals surface area contributed by atoms with E-state index in [1.807, 2.05) is 25.1 Å². The molecule has 2 aromatic rings. The number of phenolic OH excluding ortho intramolecular Hbond substituents is 1. The lowest BCUT2D eigenvalue weighted by Gasteiger charge is -2.42. The number of amides is 2. The van der Waals surface area contributed by atoms with Crippen molar-refractivity contribution in [3.05, 3.63) is 80.9 Å². The predicted molar refractivity (Wildman–Crippen MR) is 154 cm³/mol. The lowest BCUT2D eigenvalue weighted by molar-refractivity contribution is -0.123. The van der Waals surface area contributed by atoms with Crippen LogP contribution in [0.1, 0.15) is 36.8 Å². The SMILES string of the molecule is CCc1ccc(N2C(=O)C3CC=C4C(c5cc(OC)c(O)c(OC)c5)C5=C(CC4C3C2=O)C(=O)C(Br)=CC5=O)cc1. The molecule has 4 unspecified atom stereocenters. The van der Waals surface area contributed by atoms with Crippen LogP contribution in [0.2, 0.25) is 0 Å². The van der Waals surface area contributed by atoms with Crippen LogP contribution >= 0.6 is 15.9 Å². The van der Waals surface area contributed by atoms with Gasteiger partial charge in [-0.15, -0.1) is 0 Å².